The molecule has 3 saturated heterocycles. The molecule has 4 aromatic rings. The van der Waals surface area contributed by atoms with Gasteiger partial charge in [-0.15, -0.1) is 0 Å². The molecule has 7 rings (SSSR count). The van der Waals surface area contributed by atoms with Gasteiger partial charge >= 0.3 is 0 Å². The van der Waals surface area contributed by atoms with Crippen molar-refractivity contribution in [2.24, 2.45) is 0 Å². The Bertz CT molecular complexity index is 1690. The number of fused-ring (bicyclic) bond motifs is 3. The number of aliphatic hydroxyl groups is 1. The maximum atomic E-state index is 16.7. The fourth-order valence-electron chi connectivity index (χ4n) is 7.27. The lowest BCUT2D eigenvalue weighted by molar-refractivity contribution is 0.161. The van der Waals surface area contributed by atoms with Gasteiger partial charge in [-0.2, -0.15) is 0 Å². The normalized spacial score (nSPS) is 25.0. The number of hydrogen-bond donors (Lipinski definition) is 2. The number of aliphatic hydroxyl groups excluding tert-OH is 1. The Morgan fingerprint density at radius 2 is 1.95 bits per heavy atom. The zero-order valence-electron chi connectivity index (χ0n) is 23.1. The van der Waals surface area contributed by atoms with Gasteiger partial charge in [0.15, 0.2) is 10.9 Å². The summed E-state index contributed by atoms with van der Waals surface area (Å²) in [5.74, 6) is -0.0605. The fourth-order valence-corrected chi connectivity index (χ4v) is 8.32. The minimum Gasteiger partial charge on any atom is -0.393 e. The summed E-state index contributed by atoms with van der Waals surface area (Å²) in [6.45, 7) is 2.57. The molecule has 2 aromatic heterocycles. The molecule has 3 aliphatic heterocycles. The Hall–Kier alpha value is -2.73. The van der Waals surface area contributed by atoms with Gasteiger partial charge in [0, 0.05) is 48.1 Å². The van der Waals surface area contributed by atoms with E-state index in [4.69, 9.17) is 27.3 Å². The molecule has 42 heavy (non-hydrogen) atoms. The monoisotopic (exact) mass is 616 g/mol. The second-order valence-corrected chi connectivity index (χ2v) is 13.3. The summed E-state index contributed by atoms with van der Waals surface area (Å²) in [6.07, 6.45) is 4.43. The molecule has 3 atom stereocenters. The molecule has 12 heteroatoms. The lowest BCUT2D eigenvalue weighted by Crippen LogP contribution is -2.38. The fraction of sp³-hybridized carbons (Fsp3) is 0.500. The van der Waals surface area contributed by atoms with Crippen LogP contribution >= 0.6 is 22.9 Å². The number of anilines is 2. The van der Waals surface area contributed by atoms with E-state index >= 15 is 4.39 Å². The molecule has 5 heterocycles. The molecule has 0 spiro atoms. The average Bonchev–Trinajstić information content (AvgIpc) is 3.57. The van der Waals surface area contributed by atoms with E-state index in [0.717, 1.165) is 37.1 Å². The van der Waals surface area contributed by atoms with Crippen LogP contribution in [0.1, 0.15) is 50.8 Å². The predicted octanol–water partition coefficient (Wildman–Crippen LogP) is 6.28. The number of aryl methyl sites for hydroxylation is 1. The van der Waals surface area contributed by atoms with Gasteiger partial charge < -0.3 is 15.7 Å². The van der Waals surface area contributed by atoms with Crippen molar-refractivity contribution in [3.05, 3.63) is 40.7 Å². The molecule has 0 amide bonds. The number of nitrogens with zero attached hydrogens (tertiary/aromatic N) is 5. The zero-order valence-corrected chi connectivity index (χ0v) is 24.6. The Morgan fingerprint density at radius 3 is 2.81 bits per heavy atom. The van der Waals surface area contributed by atoms with E-state index in [9.17, 15) is 13.9 Å². The van der Waals surface area contributed by atoms with Crippen molar-refractivity contribution in [1.29, 1.82) is 0 Å². The van der Waals surface area contributed by atoms with Gasteiger partial charge in [-0.3, -0.25) is 4.90 Å². The van der Waals surface area contributed by atoms with Crippen LogP contribution in [0.25, 0.3) is 32.2 Å². The standard InChI is InChI=1S/C30H32ClF3N6OS/c31-20-13-19-25(24(34)23(20)18-4-5-21(33)27-26(18)38-29(35)42-27)36-22(37-28(19)39-10-1-3-17(41)7-12-39)6-9-30-8-2-11-40(30)15-16(32)14-30/h4-5,13,16-17,41H,1-3,6-12,14-15H2,(H2,35,38)/t16-,17?,30-/m1/s1. The predicted molar refractivity (Wildman–Crippen MR) is 161 cm³/mol. The van der Waals surface area contributed by atoms with Gasteiger partial charge in [0.05, 0.1) is 21.3 Å². The number of nitrogens with two attached hydrogens (primary N) is 1. The van der Waals surface area contributed by atoms with Crippen molar-refractivity contribution < 1.29 is 18.3 Å². The third-order valence-electron chi connectivity index (χ3n) is 9.26. The van der Waals surface area contributed by atoms with E-state index in [-0.39, 0.29) is 37.0 Å². The molecule has 0 bridgehead atoms. The molecule has 0 aliphatic carbocycles. The third-order valence-corrected chi connectivity index (χ3v) is 10.5. The number of thiazole rings is 1. The molecule has 0 radical (unpaired) electrons. The molecule has 3 fully saturated rings. The molecule has 1 unspecified atom stereocenters. The average molecular weight is 617 g/mol. The van der Waals surface area contributed by atoms with Crippen LogP contribution in [0.3, 0.4) is 0 Å². The Morgan fingerprint density at radius 1 is 1.10 bits per heavy atom. The van der Waals surface area contributed by atoms with Gasteiger partial charge in [-0.1, -0.05) is 22.9 Å². The first-order valence-corrected chi connectivity index (χ1v) is 15.8. The summed E-state index contributed by atoms with van der Waals surface area (Å²) < 4.78 is 45.9. The Kier molecular flexibility index (Phi) is 7.19. The highest BCUT2D eigenvalue weighted by Gasteiger charge is 2.48. The van der Waals surface area contributed by atoms with Crippen molar-refractivity contribution >= 4 is 55.0 Å². The highest BCUT2D eigenvalue weighted by atomic mass is 35.5. The molecule has 7 nitrogen and oxygen atoms in total. The first-order chi connectivity index (χ1) is 20.2. The van der Waals surface area contributed by atoms with Crippen LogP contribution < -0.4 is 10.6 Å². The van der Waals surface area contributed by atoms with Crippen LogP contribution in [-0.4, -0.2) is 69.0 Å². The summed E-state index contributed by atoms with van der Waals surface area (Å²) in [4.78, 5) is 18.3. The number of hydrogen-bond acceptors (Lipinski definition) is 8. The lowest BCUT2D eigenvalue weighted by Gasteiger charge is -2.31. The SMILES string of the molecule is Nc1nc2c(-c3c(Cl)cc4c(N5CCCC(O)CC5)nc(CC[C@@]56CCCN5C[C@H](F)C6)nc4c3F)ccc(F)c2s1. The third kappa shape index (κ3) is 4.78. The van der Waals surface area contributed by atoms with Crippen LogP contribution in [0, 0.1) is 11.6 Å². The topological polar surface area (TPSA) is 91.4 Å². The van der Waals surface area contributed by atoms with Gasteiger partial charge in [0.2, 0.25) is 0 Å². The zero-order chi connectivity index (χ0) is 29.2. The van der Waals surface area contributed by atoms with E-state index < -0.39 is 23.9 Å². The van der Waals surface area contributed by atoms with Crippen LogP contribution in [0.5, 0.6) is 0 Å². The van der Waals surface area contributed by atoms with Crippen molar-refractivity contribution in [2.45, 2.75) is 69.2 Å². The first kappa shape index (κ1) is 28.1. The second kappa shape index (κ2) is 10.8. The van der Waals surface area contributed by atoms with Crippen LogP contribution in [0.4, 0.5) is 24.1 Å². The van der Waals surface area contributed by atoms with Crippen molar-refractivity contribution in [3.63, 3.8) is 0 Å². The minimum atomic E-state index is -0.837. The summed E-state index contributed by atoms with van der Waals surface area (Å²) in [5, 5.41) is 11.1. The van der Waals surface area contributed by atoms with Gasteiger partial charge in [-0.05, 0) is 69.7 Å². The van der Waals surface area contributed by atoms with E-state index in [1.54, 1.807) is 6.07 Å². The van der Waals surface area contributed by atoms with E-state index in [0.29, 0.717) is 74.3 Å². The Labute approximate surface area is 250 Å². The van der Waals surface area contributed by atoms with Gasteiger partial charge in [0.1, 0.15) is 29.1 Å². The van der Waals surface area contributed by atoms with E-state index in [2.05, 4.69) is 14.8 Å². The van der Waals surface area contributed by atoms with E-state index in [1.165, 1.54) is 12.1 Å². The number of nitrogen functional groups attached to an aromatic ring is 1. The maximum absolute atomic E-state index is 16.7. The van der Waals surface area contributed by atoms with Gasteiger partial charge in [0.25, 0.3) is 0 Å². The summed E-state index contributed by atoms with van der Waals surface area (Å²) in [6, 6.07) is 4.40. The van der Waals surface area contributed by atoms with Crippen LogP contribution in [0.15, 0.2) is 18.2 Å². The van der Waals surface area contributed by atoms with Crippen LogP contribution in [-0.2, 0) is 6.42 Å². The van der Waals surface area contributed by atoms with Gasteiger partial charge in [-0.25, -0.2) is 28.1 Å². The molecule has 222 valence electrons. The lowest BCUT2D eigenvalue weighted by atomic mass is 9.88. The highest BCUT2D eigenvalue weighted by Crippen LogP contribution is 2.45. The number of alkyl halides is 1. The van der Waals surface area contributed by atoms with Crippen molar-refractivity contribution in [2.75, 3.05) is 36.8 Å². The summed E-state index contributed by atoms with van der Waals surface area (Å²) >= 11 is 7.77. The first-order valence-electron chi connectivity index (χ1n) is 14.6. The largest absolute Gasteiger partial charge is 0.393 e. The van der Waals surface area contributed by atoms with E-state index in [1.807, 2.05) is 0 Å². The number of benzene rings is 2. The maximum Gasteiger partial charge on any atom is 0.181 e. The molecule has 2 aromatic carbocycles. The van der Waals surface area contributed by atoms with Crippen molar-refractivity contribution in [3.8, 4) is 11.1 Å². The second-order valence-electron chi connectivity index (χ2n) is 11.9. The number of rotatable bonds is 5. The summed E-state index contributed by atoms with van der Waals surface area (Å²) in [5.41, 5.74) is 6.47. The number of aromatic nitrogens is 3. The van der Waals surface area contributed by atoms with Crippen LogP contribution in [0.2, 0.25) is 5.02 Å². The summed E-state index contributed by atoms with van der Waals surface area (Å²) in [7, 11) is 0. The molecular weight excluding hydrogens is 585 g/mol. The smallest absolute Gasteiger partial charge is 0.181 e. The molecule has 0 saturated carbocycles. The molecular formula is C30H32ClF3N6OS. The molecule has 3 N–H and O–H groups in total. The Balaban J connectivity index is 1.36. The minimum absolute atomic E-state index is 0.0815. The quantitative estimate of drug-likeness (QED) is 0.273. The number of halogens is 4. The highest BCUT2D eigenvalue weighted by molar-refractivity contribution is 7.22. The van der Waals surface area contributed by atoms with Crippen molar-refractivity contribution in [1.82, 2.24) is 19.9 Å². The molecule has 3 aliphatic rings.